The number of carbonyl (C=O) groups excluding carboxylic acids is 1. The van der Waals surface area contributed by atoms with Crippen LogP contribution in [0.4, 0.5) is 13.2 Å². The van der Waals surface area contributed by atoms with Gasteiger partial charge in [0.05, 0.1) is 18.1 Å². The Balaban J connectivity index is 1.33. The van der Waals surface area contributed by atoms with Gasteiger partial charge in [-0.05, 0) is 107 Å². The van der Waals surface area contributed by atoms with Gasteiger partial charge in [-0.1, -0.05) is 6.92 Å². The van der Waals surface area contributed by atoms with Crippen LogP contribution in [0.25, 0.3) is 10.9 Å². The van der Waals surface area contributed by atoms with Gasteiger partial charge in [-0.2, -0.15) is 13.2 Å². The SMILES string of the molecule is COC(=O)C1(CCN2CC[C@@H]3Cc4[nH]c5ccc(C(F)(F)F)cc5c4[C@H](C)[C@H]3C2)CCN(C)CC1. The second kappa shape index (κ2) is 9.11. The van der Waals surface area contributed by atoms with E-state index in [0.29, 0.717) is 17.2 Å². The first kappa shape index (κ1) is 24.6. The Morgan fingerprint density at radius 3 is 2.66 bits per heavy atom. The number of nitrogens with one attached hydrogen (secondary N) is 1. The lowest BCUT2D eigenvalue weighted by Crippen LogP contribution is -2.48. The summed E-state index contributed by atoms with van der Waals surface area (Å²) in [6.07, 6.45) is 0.0775. The van der Waals surface area contributed by atoms with Crippen LogP contribution in [0.5, 0.6) is 0 Å². The molecule has 0 saturated carbocycles. The molecule has 3 aliphatic rings. The van der Waals surface area contributed by atoms with Crippen LogP contribution >= 0.6 is 0 Å². The van der Waals surface area contributed by atoms with Crippen LogP contribution in [0.15, 0.2) is 18.2 Å². The number of alkyl halides is 3. The van der Waals surface area contributed by atoms with E-state index >= 15 is 0 Å². The van der Waals surface area contributed by atoms with E-state index < -0.39 is 17.2 Å². The van der Waals surface area contributed by atoms with Gasteiger partial charge in [0.15, 0.2) is 0 Å². The number of fused-ring (bicyclic) bond motifs is 4. The highest BCUT2D eigenvalue weighted by molar-refractivity contribution is 5.86. The summed E-state index contributed by atoms with van der Waals surface area (Å²) < 4.78 is 45.4. The van der Waals surface area contributed by atoms with Gasteiger partial charge in [-0.15, -0.1) is 0 Å². The van der Waals surface area contributed by atoms with Crippen molar-refractivity contribution in [3.8, 4) is 0 Å². The molecular weight excluding hydrogens is 455 g/mol. The fourth-order valence-corrected chi connectivity index (χ4v) is 6.92. The van der Waals surface area contributed by atoms with Crippen molar-refractivity contribution in [3.05, 3.63) is 35.0 Å². The number of aromatic nitrogens is 1. The zero-order chi connectivity index (χ0) is 25.0. The van der Waals surface area contributed by atoms with Gasteiger partial charge in [0, 0.05) is 23.1 Å². The van der Waals surface area contributed by atoms with Crippen LogP contribution in [0.3, 0.4) is 0 Å². The van der Waals surface area contributed by atoms with E-state index in [2.05, 4.69) is 28.8 Å². The molecule has 0 unspecified atom stereocenters. The van der Waals surface area contributed by atoms with Crippen molar-refractivity contribution in [1.82, 2.24) is 14.8 Å². The number of methoxy groups -OCH3 is 1. The number of likely N-dealkylation sites (tertiary alicyclic amines) is 2. The first-order valence-corrected chi connectivity index (χ1v) is 12.8. The summed E-state index contributed by atoms with van der Waals surface area (Å²) in [4.78, 5) is 20.9. The van der Waals surface area contributed by atoms with Crippen LogP contribution in [0, 0.1) is 17.3 Å². The molecule has 2 fully saturated rings. The van der Waals surface area contributed by atoms with E-state index in [1.807, 2.05) is 0 Å². The molecule has 0 radical (unpaired) electrons. The van der Waals surface area contributed by atoms with E-state index in [1.54, 1.807) is 6.07 Å². The van der Waals surface area contributed by atoms with Crippen LogP contribution in [0.1, 0.15) is 55.3 Å². The number of nitrogens with zero attached hydrogens (tertiary/aromatic N) is 2. The smallest absolute Gasteiger partial charge is 0.416 e. The zero-order valence-corrected chi connectivity index (χ0v) is 20.9. The number of halogens is 3. The average Bonchev–Trinajstić information content (AvgIpc) is 3.21. The topological polar surface area (TPSA) is 48.6 Å². The van der Waals surface area contributed by atoms with Crippen molar-refractivity contribution in [1.29, 1.82) is 0 Å². The maximum atomic E-state index is 13.4. The number of H-pyrrole nitrogens is 1. The van der Waals surface area contributed by atoms with E-state index in [4.69, 9.17) is 4.74 Å². The third kappa shape index (κ3) is 4.48. The molecule has 0 spiro atoms. The molecule has 2 aliphatic heterocycles. The molecule has 1 aliphatic carbocycles. The standard InChI is InChI=1S/C27H36F3N3O2/c1-17-21-16-33(13-9-26(25(34)35-3)7-11-32(2)12-8-26)10-6-18(21)14-23-24(17)20-15-19(27(28,29)30)4-5-22(20)31-23/h4-5,15,17-18,21,31H,6-14,16H2,1-3H3/t17-,18-,21-/m1/s1. The summed E-state index contributed by atoms with van der Waals surface area (Å²) in [6.45, 7) is 6.76. The molecule has 2 aromatic rings. The quantitative estimate of drug-likeness (QED) is 0.608. The summed E-state index contributed by atoms with van der Waals surface area (Å²) in [5.74, 6) is 1.02. The van der Waals surface area contributed by atoms with Gasteiger partial charge in [0.1, 0.15) is 0 Å². The molecule has 8 heteroatoms. The number of hydrogen-bond donors (Lipinski definition) is 1. The molecule has 5 nitrogen and oxygen atoms in total. The highest BCUT2D eigenvalue weighted by Gasteiger charge is 2.44. The Morgan fingerprint density at radius 2 is 1.97 bits per heavy atom. The molecule has 1 aromatic carbocycles. The maximum Gasteiger partial charge on any atom is 0.416 e. The second-order valence-corrected chi connectivity index (χ2v) is 11.1. The molecule has 192 valence electrons. The molecule has 1 aromatic heterocycles. The number of esters is 1. The van der Waals surface area contributed by atoms with Gasteiger partial charge < -0.3 is 19.5 Å². The first-order valence-electron chi connectivity index (χ1n) is 12.8. The van der Waals surface area contributed by atoms with Gasteiger partial charge in [0.25, 0.3) is 0 Å². The summed E-state index contributed by atoms with van der Waals surface area (Å²) >= 11 is 0. The molecule has 3 heterocycles. The van der Waals surface area contributed by atoms with Crippen molar-refractivity contribution < 1.29 is 22.7 Å². The predicted molar refractivity (Wildman–Crippen MR) is 129 cm³/mol. The van der Waals surface area contributed by atoms with Crippen LogP contribution in [0.2, 0.25) is 0 Å². The largest absolute Gasteiger partial charge is 0.469 e. The van der Waals surface area contributed by atoms with E-state index in [-0.39, 0.29) is 11.9 Å². The number of carbonyl (C=O) groups is 1. The number of benzene rings is 1. The number of rotatable bonds is 4. The molecule has 2 saturated heterocycles. The highest BCUT2D eigenvalue weighted by atomic mass is 19.4. The maximum absolute atomic E-state index is 13.4. The lowest BCUT2D eigenvalue weighted by molar-refractivity contribution is -0.156. The van der Waals surface area contributed by atoms with Gasteiger partial charge >= 0.3 is 12.1 Å². The minimum atomic E-state index is -4.34. The number of aromatic amines is 1. The van der Waals surface area contributed by atoms with Crippen molar-refractivity contribution in [3.63, 3.8) is 0 Å². The predicted octanol–water partition coefficient (Wildman–Crippen LogP) is 5.06. The van der Waals surface area contributed by atoms with E-state index in [9.17, 15) is 18.0 Å². The van der Waals surface area contributed by atoms with Crippen LogP contribution in [-0.2, 0) is 22.1 Å². The van der Waals surface area contributed by atoms with Crippen molar-refractivity contribution in [2.24, 2.45) is 17.3 Å². The van der Waals surface area contributed by atoms with Gasteiger partial charge in [-0.25, -0.2) is 0 Å². The molecule has 35 heavy (non-hydrogen) atoms. The van der Waals surface area contributed by atoms with Crippen molar-refractivity contribution >= 4 is 16.9 Å². The summed E-state index contributed by atoms with van der Waals surface area (Å²) in [7, 11) is 3.58. The van der Waals surface area contributed by atoms with Gasteiger partial charge in [0.2, 0.25) is 0 Å². The van der Waals surface area contributed by atoms with E-state index in [0.717, 1.165) is 81.6 Å². The van der Waals surface area contributed by atoms with Gasteiger partial charge in [-0.3, -0.25) is 4.79 Å². The fraction of sp³-hybridized carbons (Fsp3) is 0.667. The Labute approximate surface area is 205 Å². The monoisotopic (exact) mass is 491 g/mol. The van der Waals surface area contributed by atoms with Crippen LogP contribution < -0.4 is 0 Å². The lowest BCUT2D eigenvalue weighted by Gasteiger charge is -2.46. The summed E-state index contributed by atoms with van der Waals surface area (Å²) in [5.41, 5.74) is 1.98. The first-order chi connectivity index (χ1) is 16.6. The second-order valence-electron chi connectivity index (χ2n) is 11.1. The average molecular weight is 492 g/mol. The molecule has 5 rings (SSSR count). The fourth-order valence-electron chi connectivity index (χ4n) is 6.92. The third-order valence-electron chi connectivity index (χ3n) is 9.17. The zero-order valence-electron chi connectivity index (χ0n) is 20.9. The molecular formula is C27H36F3N3O2. The molecule has 1 N–H and O–H groups in total. The normalized spacial score (nSPS) is 27.4. The van der Waals surface area contributed by atoms with E-state index in [1.165, 1.54) is 19.2 Å². The summed E-state index contributed by atoms with van der Waals surface area (Å²) in [6, 6.07) is 4.07. The Morgan fingerprint density at radius 1 is 1.23 bits per heavy atom. The minimum Gasteiger partial charge on any atom is -0.469 e. The third-order valence-corrected chi connectivity index (χ3v) is 9.17. The molecule has 3 atom stereocenters. The molecule has 0 bridgehead atoms. The van der Waals surface area contributed by atoms with Crippen molar-refractivity contribution in [2.45, 2.75) is 51.1 Å². The number of piperidine rings is 2. The highest BCUT2D eigenvalue weighted by Crippen LogP contribution is 2.47. The Hall–Kier alpha value is -2.06. The number of ether oxygens (including phenoxy) is 1. The Bertz CT molecular complexity index is 1090. The number of hydrogen-bond acceptors (Lipinski definition) is 4. The summed E-state index contributed by atoms with van der Waals surface area (Å²) in [5, 5.41) is 0.717. The minimum absolute atomic E-state index is 0.0876. The molecule has 0 amide bonds. The van der Waals surface area contributed by atoms with Crippen molar-refractivity contribution in [2.75, 3.05) is 46.9 Å². The Kier molecular flexibility index (Phi) is 6.41. The lowest BCUT2D eigenvalue weighted by atomic mass is 9.68. The van der Waals surface area contributed by atoms with Crippen LogP contribution in [-0.4, -0.2) is 67.6 Å².